The van der Waals surface area contributed by atoms with Gasteiger partial charge in [0.2, 0.25) is 0 Å². The molecule has 0 atom stereocenters. The lowest BCUT2D eigenvalue weighted by atomic mass is 10.0. The molecule has 8 heteroatoms. The molecule has 1 fully saturated rings. The van der Waals surface area contributed by atoms with Crippen LogP contribution in [0.5, 0.6) is 0 Å². The summed E-state index contributed by atoms with van der Waals surface area (Å²) in [7, 11) is 0. The number of aromatic carboxylic acids is 1. The van der Waals surface area contributed by atoms with Gasteiger partial charge in [-0.1, -0.05) is 58.1 Å². The van der Waals surface area contributed by atoms with E-state index in [9.17, 15) is 14.7 Å². The molecule has 0 saturated carbocycles. The predicted molar refractivity (Wildman–Crippen MR) is 126 cm³/mol. The summed E-state index contributed by atoms with van der Waals surface area (Å²) in [4.78, 5) is 26.2. The van der Waals surface area contributed by atoms with Crippen LogP contribution in [0, 0.1) is 6.92 Å². The molecule has 1 N–H and O–H groups in total. The van der Waals surface area contributed by atoms with Crippen LogP contribution in [-0.2, 0) is 4.79 Å². The molecule has 1 aromatic heterocycles. The van der Waals surface area contributed by atoms with Crippen molar-refractivity contribution in [1.82, 2.24) is 0 Å². The zero-order valence-electron chi connectivity index (χ0n) is 15.6. The average molecular weight is 500 g/mol. The van der Waals surface area contributed by atoms with Crippen molar-refractivity contribution in [2.75, 3.05) is 4.90 Å². The number of benzene rings is 2. The van der Waals surface area contributed by atoms with Gasteiger partial charge in [0.15, 0.2) is 4.32 Å². The van der Waals surface area contributed by atoms with E-state index in [0.717, 1.165) is 4.47 Å². The minimum atomic E-state index is -0.989. The molecule has 2 aromatic carbocycles. The van der Waals surface area contributed by atoms with Crippen LogP contribution in [0.15, 0.2) is 68.4 Å². The number of thiocarbonyl (C=S) groups is 1. The van der Waals surface area contributed by atoms with Crippen LogP contribution in [0.3, 0.4) is 0 Å². The first-order valence-electron chi connectivity index (χ1n) is 8.82. The van der Waals surface area contributed by atoms with Gasteiger partial charge >= 0.3 is 5.97 Å². The quantitative estimate of drug-likeness (QED) is 0.344. The number of hydrogen-bond donors (Lipinski definition) is 1. The number of furan rings is 1. The first-order chi connectivity index (χ1) is 14.3. The Kier molecular flexibility index (Phi) is 5.64. The number of amides is 1. The van der Waals surface area contributed by atoms with Crippen LogP contribution in [0.4, 0.5) is 5.69 Å². The van der Waals surface area contributed by atoms with Crippen LogP contribution in [0.25, 0.3) is 17.4 Å². The predicted octanol–water partition coefficient (Wildman–Crippen LogP) is 6.12. The summed E-state index contributed by atoms with van der Waals surface area (Å²) in [5.41, 5.74) is 2.22. The summed E-state index contributed by atoms with van der Waals surface area (Å²) in [5, 5.41) is 9.32. The van der Waals surface area contributed by atoms with Crippen molar-refractivity contribution in [1.29, 1.82) is 0 Å². The standard InChI is InChI=1S/C22H14BrNO4S2/c1-12-16(6-3-7-17(12)21(26)27)18-9-8-15(28-18)11-19-20(25)24(22(29)30-19)14-5-2-4-13(23)10-14/h2-11H,1H3,(H,26,27)/b19-11-. The van der Waals surface area contributed by atoms with E-state index >= 15 is 0 Å². The molecular formula is C22H14BrNO4S2. The van der Waals surface area contributed by atoms with Crippen molar-refractivity contribution >= 4 is 67.9 Å². The van der Waals surface area contributed by atoms with E-state index in [-0.39, 0.29) is 11.5 Å². The summed E-state index contributed by atoms with van der Waals surface area (Å²) in [6, 6.07) is 15.9. The smallest absolute Gasteiger partial charge is 0.335 e. The second kappa shape index (κ2) is 8.22. The SMILES string of the molecule is Cc1c(C(=O)O)cccc1-c1ccc(/C=C2\SC(=S)N(c3cccc(Br)c3)C2=O)o1. The fourth-order valence-electron chi connectivity index (χ4n) is 3.14. The molecule has 0 radical (unpaired) electrons. The Hall–Kier alpha value is -2.68. The van der Waals surface area contributed by atoms with Gasteiger partial charge in [0.1, 0.15) is 11.5 Å². The summed E-state index contributed by atoms with van der Waals surface area (Å²) < 4.78 is 7.19. The number of carbonyl (C=O) groups excluding carboxylic acids is 1. The van der Waals surface area contributed by atoms with Crippen molar-refractivity contribution in [2.24, 2.45) is 0 Å². The second-order valence-corrected chi connectivity index (χ2v) is 9.07. The maximum atomic E-state index is 12.9. The zero-order chi connectivity index (χ0) is 21.4. The third kappa shape index (κ3) is 3.86. The molecule has 0 spiro atoms. The molecule has 2 heterocycles. The van der Waals surface area contributed by atoms with Crippen LogP contribution >= 0.6 is 39.9 Å². The van der Waals surface area contributed by atoms with Gasteiger partial charge in [-0.3, -0.25) is 9.69 Å². The number of anilines is 1. The molecule has 1 saturated heterocycles. The Bertz CT molecular complexity index is 1230. The van der Waals surface area contributed by atoms with E-state index < -0.39 is 5.97 Å². The monoisotopic (exact) mass is 499 g/mol. The zero-order valence-corrected chi connectivity index (χ0v) is 18.8. The fraction of sp³-hybridized carbons (Fsp3) is 0.0455. The number of carboxylic acids is 1. The van der Waals surface area contributed by atoms with Crippen LogP contribution in [0.2, 0.25) is 0 Å². The minimum absolute atomic E-state index is 0.217. The summed E-state index contributed by atoms with van der Waals surface area (Å²) in [5.74, 6) is -0.188. The second-order valence-electron chi connectivity index (χ2n) is 6.48. The third-order valence-electron chi connectivity index (χ3n) is 4.59. The van der Waals surface area contributed by atoms with Gasteiger partial charge in [-0.25, -0.2) is 4.79 Å². The summed E-state index contributed by atoms with van der Waals surface area (Å²) >= 11 is 10.0. The highest BCUT2D eigenvalue weighted by molar-refractivity contribution is 9.10. The van der Waals surface area contributed by atoms with E-state index in [1.165, 1.54) is 16.7 Å². The van der Waals surface area contributed by atoms with Gasteiger partial charge in [-0.15, -0.1) is 0 Å². The number of carbonyl (C=O) groups is 2. The van der Waals surface area contributed by atoms with Gasteiger partial charge in [0.05, 0.1) is 16.2 Å². The molecule has 1 aliphatic rings. The summed E-state index contributed by atoms with van der Waals surface area (Å²) in [6.45, 7) is 1.74. The van der Waals surface area contributed by atoms with Crippen molar-refractivity contribution in [3.05, 3.63) is 80.9 Å². The number of carboxylic acid groups (broad SMARTS) is 1. The summed E-state index contributed by atoms with van der Waals surface area (Å²) in [6.07, 6.45) is 1.65. The number of halogens is 1. The fourth-order valence-corrected chi connectivity index (χ4v) is 4.81. The van der Waals surface area contributed by atoms with Crippen molar-refractivity contribution in [2.45, 2.75) is 6.92 Å². The van der Waals surface area contributed by atoms with Crippen molar-refractivity contribution < 1.29 is 19.1 Å². The van der Waals surface area contributed by atoms with Gasteiger partial charge in [-0.2, -0.15) is 0 Å². The lowest BCUT2D eigenvalue weighted by Gasteiger charge is -2.14. The van der Waals surface area contributed by atoms with Crippen LogP contribution in [-0.4, -0.2) is 21.3 Å². The van der Waals surface area contributed by atoms with Gasteiger partial charge < -0.3 is 9.52 Å². The molecule has 3 aromatic rings. The molecular weight excluding hydrogens is 486 g/mol. The molecule has 4 rings (SSSR count). The van der Waals surface area contributed by atoms with E-state index in [2.05, 4.69) is 15.9 Å². The molecule has 1 amide bonds. The van der Waals surface area contributed by atoms with Crippen LogP contribution in [0.1, 0.15) is 21.7 Å². The molecule has 0 aliphatic carbocycles. The molecule has 0 unspecified atom stereocenters. The molecule has 5 nitrogen and oxygen atoms in total. The van der Waals surface area contributed by atoms with E-state index in [4.69, 9.17) is 16.6 Å². The van der Waals surface area contributed by atoms with E-state index in [0.29, 0.717) is 37.6 Å². The van der Waals surface area contributed by atoms with Gasteiger partial charge in [-0.05, 0) is 48.9 Å². The average Bonchev–Trinajstić information content (AvgIpc) is 3.26. The number of hydrogen-bond acceptors (Lipinski definition) is 5. The highest BCUT2D eigenvalue weighted by atomic mass is 79.9. The first-order valence-corrected chi connectivity index (χ1v) is 10.8. The normalized spacial score (nSPS) is 15.3. The lowest BCUT2D eigenvalue weighted by molar-refractivity contribution is -0.113. The molecule has 0 bridgehead atoms. The third-order valence-corrected chi connectivity index (χ3v) is 6.39. The maximum Gasteiger partial charge on any atom is 0.335 e. The topological polar surface area (TPSA) is 70.8 Å². The molecule has 30 heavy (non-hydrogen) atoms. The van der Waals surface area contributed by atoms with E-state index in [1.54, 1.807) is 43.3 Å². The highest BCUT2D eigenvalue weighted by Gasteiger charge is 2.33. The van der Waals surface area contributed by atoms with Gasteiger partial charge in [0.25, 0.3) is 5.91 Å². The molecule has 1 aliphatic heterocycles. The van der Waals surface area contributed by atoms with Crippen molar-refractivity contribution in [3.63, 3.8) is 0 Å². The maximum absolute atomic E-state index is 12.9. The lowest BCUT2D eigenvalue weighted by Crippen LogP contribution is -2.27. The largest absolute Gasteiger partial charge is 0.478 e. The Morgan fingerprint density at radius 3 is 2.70 bits per heavy atom. The number of thioether (sulfide) groups is 1. The number of rotatable bonds is 4. The Balaban J connectivity index is 1.64. The Morgan fingerprint density at radius 2 is 1.97 bits per heavy atom. The van der Waals surface area contributed by atoms with Crippen molar-refractivity contribution in [3.8, 4) is 11.3 Å². The molecule has 150 valence electrons. The van der Waals surface area contributed by atoms with Gasteiger partial charge in [0, 0.05) is 16.1 Å². The Labute approximate surface area is 190 Å². The Morgan fingerprint density at radius 1 is 1.20 bits per heavy atom. The minimum Gasteiger partial charge on any atom is -0.478 e. The highest BCUT2D eigenvalue weighted by Crippen LogP contribution is 2.37. The van der Waals surface area contributed by atoms with E-state index in [1.807, 2.05) is 24.3 Å². The van der Waals surface area contributed by atoms with Crippen LogP contribution < -0.4 is 4.90 Å². The number of nitrogens with zero attached hydrogens (tertiary/aromatic N) is 1. The first kappa shape index (κ1) is 20.6.